The Kier molecular flexibility index (Phi) is 8.09. The lowest BCUT2D eigenvalue weighted by molar-refractivity contribution is -0.138. The van der Waals surface area contributed by atoms with Gasteiger partial charge in [-0.05, 0) is 48.4 Å². The number of benzene rings is 2. The van der Waals surface area contributed by atoms with Gasteiger partial charge in [0.25, 0.3) is 0 Å². The Morgan fingerprint density at radius 2 is 1.44 bits per heavy atom. The van der Waals surface area contributed by atoms with Crippen molar-refractivity contribution in [2.75, 3.05) is 19.8 Å². The van der Waals surface area contributed by atoms with Crippen LogP contribution in [0.2, 0.25) is 0 Å². The van der Waals surface area contributed by atoms with Gasteiger partial charge in [-0.25, -0.2) is 4.39 Å². The number of aliphatic carboxylic acids is 1. The molecule has 0 aliphatic heterocycles. The smallest absolute Gasteiger partial charge is 0.303 e. The Morgan fingerprint density at radius 3 is 2.00 bits per heavy atom. The summed E-state index contributed by atoms with van der Waals surface area (Å²) in [4.78, 5) is 21.8. The molecule has 0 atom stereocenters. The van der Waals surface area contributed by atoms with Crippen molar-refractivity contribution >= 4 is 11.9 Å². The SMILES string of the molecule is O=C(O)CCC(=O)NCCc1ccc(OCCOc2ccc(F)cc2)cc1. The average molecular weight is 375 g/mol. The van der Waals surface area contributed by atoms with E-state index in [0.717, 1.165) is 5.56 Å². The van der Waals surface area contributed by atoms with Crippen LogP contribution in [0.15, 0.2) is 48.5 Å². The first kappa shape index (κ1) is 20.2. The predicted octanol–water partition coefficient (Wildman–Crippen LogP) is 2.81. The van der Waals surface area contributed by atoms with Gasteiger partial charge in [0, 0.05) is 13.0 Å². The lowest BCUT2D eigenvalue weighted by atomic mass is 10.1. The van der Waals surface area contributed by atoms with E-state index in [4.69, 9.17) is 14.6 Å². The molecule has 0 spiro atoms. The first-order valence-electron chi connectivity index (χ1n) is 8.61. The third-order valence-electron chi connectivity index (χ3n) is 3.66. The number of ether oxygens (including phenoxy) is 2. The molecule has 144 valence electrons. The zero-order valence-electron chi connectivity index (χ0n) is 14.8. The predicted molar refractivity (Wildman–Crippen MR) is 97.4 cm³/mol. The maximum atomic E-state index is 12.8. The Hall–Kier alpha value is -3.09. The summed E-state index contributed by atoms with van der Waals surface area (Å²) in [5.74, 6) is -0.270. The molecule has 0 aliphatic rings. The van der Waals surface area contributed by atoms with Gasteiger partial charge in [-0.3, -0.25) is 9.59 Å². The van der Waals surface area contributed by atoms with Gasteiger partial charge in [-0.1, -0.05) is 12.1 Å². The Labute approximate surface area is 156 Å². The molecule has 6 nitrogen and oxygen atoms in total. The zero-order valence-corrected chi connectivity index (χ0v) is 14.8. The third-order valence-corrected chi connectivity index (χ3v) is 3.66. The molecule has 7 heteroatoms. The minimum absolute atomic E-state index is 0.0118. The molecule has 2 N–H and O–H groups in total. The Balaban J connectivity index is 1.62. The fraction of sp³-hybridized carbons (Fsp3) is 0.300. The van der Waals surface area contributed by atoms with E-state index < -0.39 is 5.97 Å². The Morgan fingerprint density at radius 1 is 0.889 bits per heavy atom. The highest BCUT2D eigenvalue weighted by Gasteiger charge is 2.04. The first-order chi connectivity index (χ1) is 13.0. The maximum absolute atomic E-state index is 12.8. The van der Waals surface area contributed by atoms with E-state index in [0.29, 0.717) is 37.7 Å². The van der Waals surface area contributed by atoms with Crippen LogP contribution in [0.5, 0.6) is 11.5 Å². The molecule has 0 saturated heterocycles. The number of carbonyl (C=O) groups excluding carboxylic acids is 1. The molecule has 0 radical (unpaired) electrons. The number of carbonyl (C=O) groups is 2. The lowest BCUT2D eigenvalue weighted by Gasteiger charge is -2.09. The molecule has 0 bridgehead atoms. The highest BCUT2D eigenvalue weighted by molar-refractivity contribution is 5.80. The van der Waals surface area contributed by atoms with Gasteiger partial charge >= 0.3 is 5.97 Å². The minimum atomic E-state index is -0.983. The number of carboxylic acid groups (broad SMARTS) is 1. The van der Waals surface area contributed by atoms with E-state index >= 15 is 0 Å². The van der Waals surface area contributed by atoms with Crippen molar-refractivity contribution in [1.82, 2.24) is 5.32 Å². The van der Waals surface area contributed by atoms with Gasteiger partial charge in [-0.2, -0.15) is 0 Å². The van der Waals surface area contributed by atoms with Crippen LogP contribution in [0, 0.1) is 5.82 Å². The Bertz CT molecular complexity index is 731. The number of halogens is 1. The minimum Gasteiger partial charge on any atom is -0.490 e. The van der Waals surface area contributed by atoms with Crippen molar-refractivity contribution in [3.05, 3.63) is 59.9 Å². The van der Waals surface area contributed by atoms with Crippen molar-refractivity contribution in [2.45, 2.75) is 19.3 Å². The average Bonchev–Trinajstić information content (AvgIpc) is 2.66. The highest BCUT2D eigenvalue weighted by atomic mass is 19.1. The van der Waals surface area contributed by atoms with Crippen molar-refractivity contribution in [3.8, 4) is 11.5 Å². The summed E-state index contributed by atoms with van der Waals surface area (Å²) in [7, 11) is 0. The van der Waals surface area contributed by atoms with Crippen LogP contribution in [0.25, 0.3) is 0 Å². The molecule has 0 aromatic heterocycles. The first-order valence-corrected chi connectivity index (χ1v) is 8.61. The van der Waals surface area contributed by atoms with Gasteiger partial charge in [0.05, 0.1) is 6.42 Å². The van der Waals surface area contributed by atoms with E-state index in [9.17, 15) is 14.0 Å². The van der Waals surface area contributed by atoms with Crippen LogP contribution >= 0.6 is 0 Å². The second kappa shape index (κ2) is 10.8. The molecule has 0 unspecified atom stereocenters. The normalized spacial score (nSPS) is 10.3. The number of hydrogen-bond donors (Lipinski definition) is 2. The number of nitrogens with one attached hydrogen (secondary N) is 1. The van der Waals surface area contributed by atoms with Crippen LogP contribution in [-0.4, -0.2) is 36.7 Å². The van der Waals surface area contributed by atoms with Crippen molar-refractivity contribution in [3.63, 3.8) is 0 Å². The van der Waals surface area contributed by atoms with E-state index in [1.807, 2.05) is 24.3 Å². The second-order valence-corrected chi connectivity index (χ2v) is 5.79. The van der Waals surface area contributed by atoms with Crippen LogP contribution in [0.4, 0.5) is 4.39 Å². The fourth-order valence-electron chi connectivity index (χ4n) is 2.26. The van der Waals surface area contributed by atoms with Gasteiger partial charge in [0.15, 0.2) is 0 Å². The molecule has 2 aromatic carbocycles. The van der Waals surface area contributed by atoms with Crippen LogP contribution in [0.3, 0.4) is 0 Å². The molecule has 0 fully saturated rings. The van der Waals surface area contributed by atoms with E-state index in [1.54, 1.807) is 12.1 Å². The van der Waals surface area contributed by atoms with Gasteiger partial charge < -0.3 is 19.9 Å². The summed E-state index contributed by atoms with van der Waals surface area (Å²) < 4.78 is 23.8. The molecule has 0 aliphatic carbocycles. The topological polar surface area (TPSA) is 84.9 Å². The van der Waals surface area contributed by atoms with Gasteiger partial charge in [-0.15, -0.1) is 0 Å². The standard InChI is InChI=1S/C20H22FNO5/c21-16-3-7-18(8-4-16)27-14-13-26-17-5-1-15(2-6-17)11-12-22-19(23)9-10-20(24)25/h1-8H,9-14H2,(H,22,23)(H,24,25). The molecule has 27 heavy (non-hydrogen) atoms. The summed E-state index contributed by atoms with van der Waals surface area (Å²) in [6, 6.07) is 13.3. The molecule has 0 saturated carbocycles. The largest absolute Gasteiger partial charge is 0.490 e. The maximum Gasteiger partial charge on any atom is 0.303 e. The van der Waals surface area contributed by atoms with Crippen molar-refractivity contribution < 1.29 is 28.6 Å². The van der Waals surface area contributed by atoms with Crippen LogP contribution < -0.4 is 14.8 Å². The van der Waals surface area contributed by atoms with E-state index in [1.165, 1.54) is 12.1 Å². The monoisotopic (exact) mass is 375 g/mol. The molecule has 2 rings (SSSR count). The summed E-state index contributed by atoms with van der Waals surface area (Å²) in [6.45, 7) is 1.15. The number of hydrogen-bond acceptors (Lipinski definition) is 4. The summed E-state index contributed by atoms with van der Waals surface area (Å²) in [5.41, 5.74) is 1.03. The van der Waals surface area contributed by atoms with E-state index in [-0.39, 0.29) is 24.6 Å². The number of carboxylic acids is 1. The summed E-state index contributed by atoms with van der Waals surface area (Å²) >= 11 is 0. The van der Waals surface area contributed by atoms with E-state index in [2.05, 4.69) is 5.32 Å². The molecular weight excluding hydrogens is 353 g/mol. The molecule has 1 amide bonds. The molecular formula is C20H22FNO5. The number of amides is 1. The third kappa shape index (κ3) is 8.22. The second-order valence-electron chi connectivity index (χ2n) is 5.79. The zero-order chi connectivity index (χ0) is 19.5. The fourth-order valence-corrected chi connectivity index (χ4v) is 2.26. The highest BCUT2D eigenvalue weighted by Crippen LogP contribution is 2.13. The summed E-state index contributed by atoms with van der Waals surface area (Å²) in [5, 5.41) is 11.2. The van der Waals surface area contributed by atoms with Crippen LogP contribution in [0.1, 0.15) is 18.4 Å². The van der Waals surface area contributed by atoms with Gasteiger partial charge in [0.2, 0.25) is 5.91 Å². The lowest BCUT2D eigenvalue weighted by Crippen LogP contribution is -2.25. The number of rotatable bonds is 11. The summed E-state index contributed by atoms with van der Waals surface area (Å²) in [6.07, 6.45) is 0.470. The quantitative estimate of drug-likeness (QED) is 0.590. The molecule has 2 aromatic rings. The van der Waals surface area contributed by atoms with Crippen molar-refractivity contribution in [2.24, 2.45) is 0 Å². The van der Waals surface area contributed by atoms with Crippen molar-refractivity contribution in [1.29, 1.82) is 0 Å². The molecule has 0 heterocycles. The van der Waals surface area contributed by atoms with Gasteiger partial charge in [0.1, 0.15) is 30.5 Å². The van der Waals surface area contributed by atoms with Crippen LogP contribution in [-0.2, 0) is 16.0 Å².